The van der Waals surface area contributed by atoms with E-state index < -0.39 is 11.7 Å². The molecule has 0 fully saturated rings. The minimum Gasteiger partial charge on any atom is -0.311 e. The molecule has 0 spiro atoms. The quantitative estimate of drug-likeness (QED) is 0.654. The Labute approximate surface area is 110 Å². The number of nitrogens with one attached hydrogen (secondary N) is 1. The predicted molar refractivity (Wildman–Crippen MR) is 69.9 cm³/mol. The Morgan fingerprint density at radius 3 is 2.39 bits per heavy atom. The van der Waals surface area contributed by atoms with Gasteiger partial charge in [0.2, 0.25) is 0 Å². The van der Waals surface area contributed by atoms with Gasteiger partial charge in [0.1, 0.15) is 0 Å². The number of hydrogen-bond acceptors (Lipinski definition) is 2. The second-order valence-electron chi connectivity index (χ2n) is 5.05. The molecular weight excluding hydrogens is 259 g/mol. The summed E-state index contributed by atoms with van der Waals surface area (Å²) in [4.78, 5) is 0.653. The van der Waals surface area contributed by atoms with Crippen molar-refractivity contribution in [3.05, 3.63) is 29.8 Å². The Bertz CT molecular complexity index is 383. The fraction of sp³-hybridized carbons (Fsp3) is 0.538. The van der Waals surface area contributed by atoms with E-state index in [4.69, 9.17) is 0 Å². The molecule has 0 amide bonds. The molecule has 0 aliphatic heterocycles. The Hall–Kier alpha value is -0.680. The number of benzene rings is 1. The predicted octanol–water partition coefficient (Wildman–Crippen LogP) is 4.19. The summed E-state index contributed by atoms with van der Waals surface area (Å²) < 4.78 is 37.5. The van der Waals surface area contributed by atoms with Crippen molar-refractivity contribution in [1.29, 1.82) is 0 Å². The third-order valence-corrected chi connectivity index (χ3v) is 3.18. The highest BCUT2D eigenvalue weighted by molar-refractivity contribution is 7.99. The highest BCUT2D eigenvalue weighted by Gasteiger charge is 2.30. The zero-order valence-corrected chi connectivity index (χ0v) is 11.6. The van der Waals surface area contributed by atoms with Crippen LogP contribution in [0.3, 0.4) is 0 Å². The van der Waals surface area contributed by atoms with Gasteiger partial charge in [-0.25, -0.2) is 0 Å². The second kappa shape index (κ2) is 5.97. The first-order chi connectivity index (χ1) is 8.18. The first kappa shape index (κ1) is 15.4. The molecule has 1 N–H and O–H groups in total. The van der Waals surface area contributed by atoms with E-state index in [0.29, 0.717) is 4.90 Å². The zero-order valence-electron chi connectivity index (χ0n) is 10.8. The molecule has 1 rings (SSSR count). The number of thioether (sulfide) groups is 1. The smallest absolute Gasteiger partial charge is 0.311 e. The molecule has 1 aromatic carbocycles. The van der Waals surface area contributed by atoms with E-state index in [1.807, 2.05) is 0 Å². The average molecular weight is 277 g/mol. The van der Waals surface area contributed by atoms with Gasteiger partial charge >= 0.3 is 6.18 Å². The van der Waals surface area contributed by atoms with Gasteiger partial charge in [-0.15, -0.1) is 11.8 Å². The van der Waals surface area contributed by atoms with Gasteiger partial charge in [0.25, 0.3) is 0 Å². The molecule has 5 heteroatoms. The standard InChI is InChI=1S/C13H18F3NS/c1-12(2,3)17-7-8-18-11-6-4-5-10(9-11)13(14,15)16/h4-6,9,17H,7-8H2,1-3H3. The summed E-state index contributed by atoms with van der Waals surface area (Å²) in [5.41, 5.74) is -0.551. The summed E-state index contributed by atoms with van der Waals surface area (Å²) in [6, 6.07) is 5.44. The van der Waals surface area contributed by atoms with Crippen LogP contribution in [0.25, 0.3) is 0 Å². The van der Waals surface area contributed by atoms with E-state index in [1.165, 1.54) is 23.9 Å². The lowest BCUT2D eigenvalue weighted by Crippen LogP contribution is -2.37. The van der Waals surface area contributed by atoms with Crippen LogP contribution in [-0.2, 0) is 6.18 Å². The van der Waals surface area contributed by atoms with Gasteiger partial charge in [0.15, 0.2) is 0 Å². The molecule has 0 heterocycles. The maximum atomic E-state index is 12.5. The van der Waals surface area contributed by atoms with Crippen molar-refractivity contribution in [2.45, 2.75) is 37.4 Å². The molecule has 0 aliphatic rings. The van der Waals surface area contributed by atoms with Crippen molar-refractivity contribution in [2.75, 3.05) is 12.3 Å². The van der Waals surface area contributed by atoms with Crippen molar-refractivity contribution in [2.24, 2.45) is 0 Å². The molecule has 102 valence electrons. The summed E-state index contributed by atoms with van der Waals surface area (Å²) in [7, 11) is 0. The Kier molecular flexibility index (Phi) is 5.10. The topological polar surface area (TPSA) is 12.0 Å². The fourth-order valence-corrected chi connectivity index (χ4v) is 2.18. The molecule has 1 aromatic rings. The summed E-state index contributed by atoms with van der Waals surface area (Å²) in [6.07, 6.45) is -4.26. The van der Waals surface area contributed by atoms with Crippen molar-refractivity contribution in [1.82, 2.24) is 5.32 Å². The first-order valence-electron chi connectivity index (χ1n) is 5.73. The van der Waals surface area contributed by atoms with Crippen LogP contribution in [0.15, 0.2) is 29.2 Å². The van der Waals surface area contributed by atoms with E-state index >= 15 is 0 Å². The highest BCUT2D eigenvalue weighted by Crippen LogP contribution is 2.31. The molecule has 0 atom stereocenters. The van der Waals surface area contributed by atoms with Crippen LogP contribution in [0, 0.1) is 0 Å². The largest absolute Gasteiger partial charge is 0.416 e. The zero-order chi connectivity index (χ0) is 13.8. The first-order valence-corrected chi connectivity index (χ1v) is 6.72. The van der Waals surface area contributed by atoms with Gasteiger partial charge in [0.05, 0.1) is 5.56 Å². The number of halogens is 3. The van der Waals surface area contributed by atoms with E-state index in [1.54, 1.807) is 6.07 Å². The monoisotopic (exact) mass is 277 g/mol. The lowest BCUT2D eigenvalue weighted by atomic mass is 10.1. The van der Waals surface area contributed by atoms with E-state index in [-0.39, 0.29) is 5.54 Å². The minimum absolute atomic E-state index is 0.0361. The van der Waals surface area contributed by atoms with E-state index in [0.717, 1.165) is 18.4 Å². The van der Waals surface area contributed by atoms with E-state index in [2.05, 4.69) is 26.1 Å². The molecule has 0 radical (unpaired) electrons. The molecule has 18 heavy (non-hydrogen) atoms. The summed E-state index contributed by atoms with van der Waals surface area (Å²) in [5, 5.41) is 3.29. The van der Waals surface area contributed by atoms with E-state index in [9.17, 15) is 13.2 Å². The molecule has 0 bridgehead atoms. The van der Waals surface area contributed by atoms with Gasteiger partial charge in [-0.1, -0.05) is 6.07 Å². The normalized spacial score (nSPS) is 12.8. The van der Waals surface area contributed by atoms with Crippen LogP contribution in [-0.4, -0.2) is 17.8 Å². The number of alkyl halides is 3. The second-order valence-corrected chi connectivity index (χ2v) is 6.22. The van der Waals surface area contributed by atoms with Crippen LogP contribution in [0.4, 0.5) is 13.2 Å². The lowest BCUT2D eigenvalue weighted by molar-refractivity contribution is -0.137. The molecule has 0 aliphatic carbocycles. The fourth-order valence-electron chi connectivity index (χ4n) is 1.36. The van der Waals surface area contributed by atoms with Crippen LogP contribution >= 0.6 is 11.8 Å². The number of hydrogen-bond donors (Lipinski definition) is 1. The van der Waals surface area contributed by atoms with Crippen LogP contribution in [0.5, 0.6) is 0 Å². The lowest BCUT2D eigenvalue weighted by Gasteiger charge is -2.20. The minimum atomic E-state index is -4.26. The highest BCUT2D eigenvalue weighted by atomic mass is 32.2. The molecule has 0 aromatic heterocycles. The molecule has 0 saturated heterocycles. The third-order valence-electron chi connectivity index (χ3n) is 2.19. The summed E-state index contributed by atoms with van der Waals surface area (Å²) in [5.74, 6) is 0.749. The third kappa shape index (κ3) is 5.78. The SMILES string of the molecule is CC(C)(C)NCCSc1cccc(C(F)(F)F)c1. The summed E-state index contributed by atoms with van der Waals surface area (Å²) >= 11 is 1.43. The molecular formula is C13H18F3NS. The van der Waals surface area contributed by atoms with Crippen molar-refractivity contribution in [3.8, 4) is 0 Å². The molecule has 0 saturated carbocycles. The van der Waals surface area contributed by atoms with Gasteiger partial charge in [-0.3, -0.25) is 0 Å². The maximum absolute atomic E-state index is 12.5. The molecule has 0 unspecified atom stereocenters. The average Bonchev–Trinajstić information content (AvgIpc) is 2.22. The van der Waals surface area contributed by atoms with Gasteiger partial charge in [-0.2, -0.15) is 13.2 Å². The van der Waals surface area contributed by atoms with Crippen LogP contribution < -0.4 is 5.32 Å². The Morgan fingerprint density at radius 2 is 1.83 bits per heavy atom. The van der Waals surface area contributed by atoms with Gasteiger partial charge in [0, 0.05) is 22.7 Å². The molecule has 1 nitrogen and oxygen atoms in total. The number of rotatable bonds is 4. The van der Waals surface area contributed by atoms with Crippen LogP contribution in [0.1, 0.15) is 26.3 Å². The summed E-state index contributed by atoms with van der Waals surface area (Å²) in [6.45, 7) is 6.94. The van der Waals surface area contributed by atoms with Crippen molar-refractivity contribution in [3.63, 3.8) is 0 Å². The van der Waals surface area contributed by atoms with Gasteiger partial charge < -0.3 is 5.32 Å². The van der Waals surface area contributed by atoms with Crippen molar-refractivity contribution < 1.29 is 13.2 Å². The maximum Gasteiger partial charge on any atom is 0.416 e. The Balaban J connectivity index is 2.49. The van der Waals surface area contributed by atoms with Crippen LogP contribution in [0.2, 0.25) is 0 Å². The Morgan fingerprint density at radius 1 is 1.17 bits per heavy atom. The van der Waals surface area contributed by atoms with Gasteiger partial charge in [-0.05, 0) is 39.0 Å². The van der Waals surface area contributed by atoms with Crippen molar-refractivity contribution >= 4 is 11.8 Å².